The van der Waals surface area contributed by atoms with E-state index in [1.54, 1.807) is 24.3 Å². The van der Waals surface area contributed by atoms with Crippen LogP contribution in [0, 0.1) is 5.82 Å². The van der Waals surface area contributed by atoms with Crippen molar-refractivity contribution in [3.63, 3.8) is 0 Å². The average Bonchev–Trinajstić information content (AvgIpc) is 3.34. The Morgan fingerprint density at radius 3 is 2.56 bits per heavy atom. The van der Waals surface area contributed by atoms with Gasteiger partial charge in [-0.1, -0.05) is 24.3 Å². The fourth-order valence-corrected chi connectivity index (χ4v) is 3.32. The molecule has 1 aliphatic rings. The van der Waals surface area contributed by atoms with E-state index in [0.717, 1.165) is 24.0 Å². The molecule has 2 aromatic carbocycles. The molecular formula is C19H17FN4O. The van der Waals surface area contributed by atoms with Gasteiger partial charge in [-0.3, -0.25) is 9.89 Å². The summed E-state index contributed by atoms with van der Waals surface area (Å²) in [5.74, 6) is 0.405. The van der Waals surface area contributed by atoms with E-state index in [1.807, 2.05) is 17.0 Å². The number of aromatic nitrogens is 3. The monoisotopic (exact) mass is 336 g/mol. The molecular weight excluding hydrogens is 319 g/mol. The average molecular weight is 336 g/mol. The molecule has 1 unspecified atom stereocenters. The van der Waals surface area contributed by atoms with E-state index >= 15 is 0 Å². The molecule has 0 bridgehead atoms. The van der Waals surface area contributed by atoms with Gasteiger partial charge in [-0.25, -0.2) is 9.37 Å². The highest BCUT2D eigenvalue weighted by atomic mass is 19.1. The second-order valence-corrected chi connectivity index (χ2v) is 6.12. The van der Waals surface area contributed by atoms with Crippen LogP contribution in [0.1, 0.15) is 34.8 Å². The summed E-state index contributed by atoms with van der Waals surface area (Å²) >= 11 is 0. The molecule has 1 saturated heterocycles. The van der Waals surface area contributed by atoms with Gasteiger partial charge in [0, 0.05) is 17.7 Å². The maximum absolute atomic E-state index is 13.2. The number of H-pyrrole nitrogens is 1. The lowest BCUT2D eigenvalue weighted by molar-refractivity contribution is 0.0735. The molecule has 0 aliphatic carbocycles. The molecule has 4 rings (SSSR count). The number of nitrogens with zero attached hydrogens (tertiary/aromatic N) is 3. The lowest BCUT2D eigenvalue weighted by Gasteiger charge is -2.25. The molecule has 1 N–H and O–H groups in total. The van der Waals surface area contributed by atoms with Crippen molar-refractivity contribution in [3.8, 4) is 11.4 Å². The zero-order valence-electron chi connectivity index (χ0n) is 13.5. The van der Waals surface area contributed by atoms with Gasteiger partial charge >= 0.3 is 0 Å². The summed E-state index contributed by atoms with van der Waals surface area (Å²) in [5, 5.41) is 6.63. The van der Waals surface area contributed by atoms with Crippen LogP contribution in [0.25, 0.3) is 11.4 Å². The molecule has 5 nitrogen and oxygen atoms in total. The summed E-state index contributed by atoms with van der Waals surface area (Å²) in [4.78, 5) is 18.9. The smallest absolute Gasteiger partial charge is 0.254 e. The lowest BCUT2D eigenvalue weighted by Crippen LogP contribution is -2.30. The van der Waals surface area contributed by atoms with Gasteiger partial charge < -0.3 is 4.90 Å². The zero-order valence-corrected chi connectivity index (χ0v) is 13.5. The van der Waals surface area contributed by atoms with Gasteiger partial charge in [0.2, 0.25) is 0 Å². The highest BCUT2D eigenvalue weighted by molar-refractivity contribution is 5.95. The second-order valence-electron chi connectivity index (χ2n) is 6.12. The Kier molecular flexibility index (Phi) is 4.01. The Morgan fingerprint density at radius 1 is 1.12 bits per heavy atom. The minimum atomic E-state index is -0.261. The second kappa shape index (κ2) is 6.47. The third-order valence-electron chi connectivity index (χ3n) is 4.59. The number of benzene rings is 2. The molecule has 6 heteroatoms. The highest BCUT2D eigenvalue weighted by Gasteiger charge is 2.30. The standard InChI is InChI=1S/C19H17FN4O/c20-16-9-7-13(8-10-16)17-2-1-11-24(17)19(25)15-5-3-14(4-6-15)18-21-12-22-23-18/h3-10,12,17H,1-2,11H2,(H,21,22,23). The van der Waals surface area contributed by atoms with Crippen molar-refractivity contribution >= 4 is 5.91 Å². The van der Waals surface area contributed by atoms with E-state index in [0.29, 0.717) is 17.9 Å². The molecule has 2 heterocycles. The Morgan fingerprint density at radius 2 is 1.88 bits per heavy atom. The Bertz CT molecular complexity index is 859. The van der Waals surface area contributed by atoms with Crippen LogP contribution in [0.15, 0.2) is 54.9 Å². The molecule has 0 saturated carbocycles. The van der Waals surface area contributed by atoms with Gasteiger partial charge in [-0.2, -0.15) is 5.10 Å². The number of hydrogen-bond donors (Lipinski definition) is 1. The first-order valence-corrected chi connectivity index (χ1v) is 8.24. The number of hydrogen-bond acceptors (Lipinski definition) is 3. The van der Waals surface area contributed by atoms with Crippen molar-refractivity contribution in [2.75, 3.05) is 6.54 Å². The summed E-state index contributed by atoms with van der Waals surface area (Å²) in [5.41, 5.74) is 2.49. The lowest BCUT2D eigenvalue weighted by atomic mass is 10.0. The molecule has 0 radical (unpaired) electrons. The third kappa shape index (κ3) is 3.03. The largest absolute Gasteiger partial charge is 0.332 e. The van der Waals surface area contributed by atoms with Crippen LogP contribution in [0.4, 0.5) is 4.39 Å². The van der Waals surface area contributed by atoms with Gasteiger partial charge in [0.15, 0.2) is 5.82 Å². The van der Waals surface area contributed by atoms with Crippen LogP contribution in [0.5, 0.6) is 0 Å². The molecule has 3 aromatic rings. The first-order valence-electron chi connectivity index (χ1n) is 8.24. The molecule has 0 spiro atoms. The van der Waals surface area contributed by atoms with Gasteiger partial charge in [0.05, 0.1) is 6.04 Å². The fraction of sp³-hybridized carbons (Fsp3) is 0.211. The number of rotatable bonds is 3. The normalized spacial score (nSPS) is 17.0. The molecule has 1 amide bonds. The van der Waals surface area contributed by atoms with Gasteiger partial charge in [0.25, 0.3) is 5.91 Å². The molecule has 1 fully saturated rings. The number of nitrogens with one attached hydrogen (secondary N) is 1. The van der Waals surface area contributed by atoms with Gasteiger partial charge in [-0.05, 0) is 42.7 Å². The maximum Gasteiger partial charge on any atom is 0.254 e. The van der Waals surface area contributed by atoms with E-state index < -0.39 is 0 Å². The summed E-state index contributed by atoms with van der Waals surface area (Å²) in [6, 6.07) is 13.7. The number of aromatic amines is 1. The molecule has 25 heavy (non-hydrogen) atoms. The van der Waals surface area contributed by atoms with Crippen molar-refractivity contribution in [2.45, 2.75) is 18.9 Å². The van der Waals surface area contributed by atoms with Gasteiger partial charge in [-0.15, -0.1) is 0 Å². The highest BCUT2D eigenvalue weighted by Crippen LogP contribution is 2.33. The fourth-order valence-electron chi connectivity index (χ4n) is 3.32. The quantitative estimate of drug-likeness (QED) is 0.795. The molecule has 1 atom stereocenters. The number of carbonyl (C=O) groups is 1. The molecule has 1 aliphatic heterocycles. The maximum atomic E-state index is 13.2. The topological polar surface area (TPSA) is 61.9 Å². The predicted octanol–water partition coefficient (Wildman–Crippen LogP) is 3.59. The van der Waals surface area contributed by atoms with Gasteiger partial charge in [0.1, 0.15) is 12.1 Å². The number of carbonyl (C=O) groups excluding carboxylic acids is 1. The van der Waals surface area contributed by atoms with Crippen LogP contribution in [-0.2, 0) is 0 Å². The minimum absolute atomic E-state index is 0.00190. The SMILES string of the molecule is O=C(c1ccc(-c2ncn[nH]2)cc1)N1CCCC1c1ccc(F)cc1. The number of likely N-dealkylation sites (tertiary alicyclic amines) is 1. The van der Waals surface area contributed by atoms with Crippen LogP contribution in [0.3, 0.4) is 0 Å². The van der Waals surface area contributed by atoms with E-state index in [4.69, 9.17) is 0 Å². The van der Waals surface area contributed by atoms with Crippen molar-refractivity contribution in [1.29, 1.82) is 0 Å². The van der Waals surface area contributed by atoms with Crippen molar-refractivity contribution < 1.29 is 9.18 Å². The van der Waals surface area contributed by atoms with Crippen molar-refractivity contribution in [1.82, 2.24) is 20.1 Å². The predicted molar refractivity (Wildman–Crippen MR) is 91.2 cm³/mol. The molecule has 1 aromatic heterocycles. The Labute approximate surface area is 144 Å². The Balaban J connectivity index is 1.56. The Hall–Kier alpha value is -3.02. The third-order valence-corrected chi connectivity index (χ3v) is 4.59. The summed E-state index contributed by atoms with van der Waals surface area (Å²) in [7, 11) is 0. The van der Waals surface area contributed by atoms with E-state index in [9.17, 15) is 9.18 Å². The summed E-state index contributed by atoms with van der Waals surface area (Å²) < 4.78 is 13.2. The van der Waals surface area contributed by atoms with Crippen LogP contribution >= 0.6 is 0 Å². The number of halogens is 1. The van der Waals surface area contributed by atoms with Crippen molar-refractivity contribution in [2.24, 2.45) is 0 Å². The van der Waals surface area contributed by atoms with E-state index in [2.05, 4.69) is 15.2 Å². The number of amides is 1. The van der Waals surface area contributed by atoms with Crippen LogP contribution in [0.2, 0.25) is 0 Å². The van der Waals surface area contributed by atoms with Crippen LogP contribution in [-0.4, -0.2) is 32.5 Å². The first-order chi connectivity index (χ1) is 12.2. The summed E-state index contributed by atoms with van der Waals surface area (Å²) in [6.45, 7) is 0.713. The summed E-state index contributed by atoms with van der Waals surface area (Å²) in [6.07, 6.45) is 3.30. The first kappa shape index (κ1) is 15.5. The minimum Gasteiger partial charge on any atom is -0.332 e. The van der Waals surface area contributed by atoms with E-state index in [-0.39, 0.29) is 17.8 Å². The molecule has 126 valence electrons. The van der Waals surface area contributed by atoms with E-state index in [1.165, 1.54) is 18.5 Å². The van der Waals surface area contributed by atoms with Crippen LogP contribution < -0.4 is 0 Å². The van der Waals surface area contributed by atoms with Crippen molar-refractivity contribution in [3.05, 3.63) is 71.8 Å². The zero-order chi connectivity index (χ0) is 17.2.